The third kappa shape index (κ3) is 9.95. The molecule has 2 N–H and O–H groups in total. The molecule has 11 nitrogen and oxygen atoms in total. The van der Waals surface area contributed by atoms with Gasteiger partial charge in [0.05, 0.1) is 0 Å². The molecule has 0 saturated heterocycles. The van der Waals surface area contributed by atoms with Crippen LogP contribution in [-0.4, -0.2) is 35.5 Å². The van der Waals surface area contributed by atoms with E-state index in [2.05, 4.69) is 10.6 Å². The summed E-state index contributed by atoms with van der Waals surface area (Å²) in [5.41, 5.74) is 1.65. The van der Waals surface area contributed by atoms with E-state index in [1.165, 1.54) is 42.5 Å². The molecule has 0 fully saturated rings. The van der Waals surface area contributed by atoms with Crippen LogP contribution in [0.25, 0.3) is 0 Å². The van der Waals surface area contributed by atoms with Crippen molar-refractivity contribution in [3.63, 3.8) is 0 Å². The van der Waals surface area contributed by atoms with Crippen molar-refractivity contribution in [1.29, 1.82) is 0 Å². The minimum Gasteiger partial charge on any atom is -0.427 e. The first-order chi connectivity index (χ1) is 23.1. The lowest BCUT2D eigenvalue weighted by Gasteiger charge is -2.12. The Bertz CT molecular complexity index is 1590. The van der Waals surface area contributed by atoms with Crippen LogP contribution in [0.15, 0.2) is 91.0 Å². The van der Waals surface area contributed by atoms with Crippen LogP contribution in [0.4, 0.5) is 11.4 Å². The molecule has 0 radical (unpaired) electrons. The number of Topliss-reactive ketones (excluding diaryl/α,β-unsaturated/α-hetero) is 1. The van der Waals surface area contributed by atoms with Crippen LogP contribution in [-0.2, 0) is 20.8 Å². The maximum absolute atomic E-state index is 13.5. The molecule has 0 aromatic heterocycles. The van der Waals surface area contributed by atoms with Crippen molar-refractivity contribution in [2.75, 3.05) is 10.6 Å². The van der Waals surface area contributed by atoms with Crippen molar-refractivity contribution in [2.24, 2.45) is 0 Å². The average Bonchev–Trinajstić information content (AvgIpc) is 3.10. The molecule has 48 heavy (non-hydrogen) atoms. The molecule has 0 aliphatic heterocycles. The molecule has 0 aliphatic rings. The van der Waals surface area contributed by atoms with Crippen molar-refractivity contribution in [3.8, 4) is 17.2 Å². The fraction of sp³-hybridized carbons (Fsp3) is 0.189. The van der Waals surface area contributed by atoms with Gasteiger partial charge in [0.1, 0.15) is 17.2 Å². The molecule has 0 saturated carbocycles. The summed E-state index contributed by atoms with van der Waals surface area (Å²) in [6, 6.07) is 23.0. The summed E-state index contributed by atoms with van der Waals surface area (Å²) >= 11 is 0. The highest BCUT2D eigenvalue weighted by Crippen LogP contribution is 2.22. The monoisotopic (exact) mass is 650 g/mol. The summed E-state index contributed by atoms with van der Waals surface area (Å²) in [7, 11) is 0. The standard InChI is InChI=1S/C37H34N2O9/c1-4-33(41)46-29-13-7-23(8-14-29)19-32(40)24-20-25(36(44)38-27-9-15-30(16-10-27)47-34(42)5-2)22-26(21-24)37(45)39-28-11-17-31(18-12-28)48-35(43)6-3/h7-18,20-22H,4-6,19H2,1-3H3,(H,38,44)(H,39,45). The van der Waals surface area contributed by atoms with Crippen LogP contribution >= 0.6 is 0 Å². The van der Waals surface area contributed by atoms with Crippen LogP contribution in [0.3, 0.4) is 0 Å². The van der Waals surface area contributed by atoms with Gasteiger partial charge in [-0.25, -0.2) is 0 Å². The zero-order valence-corrected chi connectivity index (χ0v) is 26.7. The number of anilines is 2. The highest BCUT2D eigenvalue weighted by Gasteiger charge is 2.18. The van der Waals surface area contributed by atoms with E-state index in [1.807, 2.05) is 0 Å². The Balaban J connectivity index is 1.57. The van der Waals surface area contributed by atoms with Crippen LogP contribution in [0, 0.1) is 0 Å². The van der Waals surface area contributed by atoms with Gasteiger partial charge in [0, 0.05) is 53.7 Å². The third-order valence-corrected chi connectivity index (χ3v) is 6.85. The molecule has 0 heterocycles. The number of amides is 2. The van der Waals surface area contributed by atoms with Gasteiger partial charge >= 0.3 is 17.9 Å². The first kappa shape index (κ1) is 34.8. The highest BCUT2D eigenvalue weighted by atomic mass is 16.5. The SMILES string of the molecule is CCC(=O)Oc1ccc(CC(=O)c2cc(C(=O)Nc3ccc(OC(=O)CC)cc3)cc(C(=O)Nc3ccc(OC(=O)CC)cc3)c2)cc1. The number of nitrogens with one attached hydrogen (secondary N) is 2. The van der Waals surface area contributed by atoms with E-state index < -0.39 is 23.8 Å². The van der Waals surface area contributed by atoms with Crippen LogP contribution in [0.5, 0.6) is 17.2 Å². The molecule has 0 unspecified atom stereocenters. The second-order valence-corrected chi connectivity index (χ2v) is 10.5. The summed E-state index contributed by atoms with van der Waals surface area (Å²) in [6.45, 7) is 5.03. The fourth-order valence-electron chi connectivity index (χ4n) is 4.24. The molecule has 246 valence electrons. The number of carbonyl (C=O) groups excluding carboxylic acids is 6. The summed E-state index contributed by atoms with van der Waals surface area (Å²) in [4.78, 5) is 74.9. The maximum atomic E-state index is 13.5. The Morgan fingerprint density at radius 3 is 1.17 bits per heavy atom. The first-order valence-electron chi connectivity index (χ1n) is 15.3. The Labute approximate surface area is 277 Å². The van der Waals surface area contributed by atoms with E-state index in [0.717, 1.165) is 0 Å². The minimum absolute atomic E-state index is 0.0516. The molecule has 4 rings (SSSR count). The normalized spacial score (nSPS) is 10.4. The van der Waals surface area contributed by atoms with Crippen LogP contribution < -0.4 is 24.8 Å². The number of hydrogen-bond donors (Lipinski definition) is 2. The summed E-state index contributed by atoms with van der Waals surface area (Å²) in [5.74, 6) is -1.71. The van der Waals surface area contributed by atoms with Gasteiger partial charge in [-0.3, -0.25) is 28.8 Å². The Morgan fingerprint density at radius 1 is 0.479 bits per heavy atom. The molecule has 0 aliphatic carbocycles. The summed E-state index contributed by atoms with van der Waals surface area (Å²) in [5, 5.41) is 5.46. The highest BCUT2D eigenvalue weighted by molar-refractivity contribution is 6.11. The largest absolute Gasteiger partial charge is 0.427 e. The summed E-state index contributed by atoms with van der Waals surface area (Å²) in [6.07, 6.45) is 0.592. The fourth-order valence-corrected chi connectivity index (χ4v) is 4.24. The second-order valence-electron chi connectivity index (χ2n) is 10.5. The van der Waals surface area contributed by atoms with Gasteiger partial charge in [-0.15, -0.1) is 0 Å². The predicted molar refractivity (Wildman–Crippen MR) is 177 cm³/mol. The topological polar surface area (TPSA) is 154 Å². The quantitative estimate of drug-likeness (QED) is 0.0930. The molecule has 11 heteroatoms. The summed E-state index contributed by atoms with van der Waals surface area (Å²) < 4.78 is 15.5. The molecule has 2 amide bonds. The van der Waals surface area contributed by atoms with E-state index in [0.29, 0.717) is 34.2 Å². The number of ketones is 1. The van der Waals surface area contributed by atoms with E-state index >= 15 is 0 Å². The maximum Gasteiger partial charge on any atom is 0.310 e. The molecule has 0 atom stereocenters. The van der Waals surface area contributed by atoms with E-state index in [1.54, 1.807) is 69.3 Å². The average molecular weight is 651 g/mol. The van der Waals surface area contributed by atoms with Crippen LogP contribution in [0.2, 0.25) is 0 Å². The smallest absolute Gasteiger partial charge is 0.310 e. The lowest BCUT2D eigenvalue weighted by molar-refractivity contribution is -0.134. The molecule has 0 spiro atoms. The zero-order chi connectivity index (χ0) is 34.6. The Kier molecular flexibility index (Phi) is 11.9. The number of carbonyl (C=O) groups is 6. The molecule has 4 aromatic carbocycles. The van der Waals surface area contributed by atoms with Gasteiger partial charge in [0.15, 0.2) is 5.78 Å². The van der Waals surface area contributed by atoms with E-state index in [9.17, 15) is 28.8 Å². The first-order valence-corrected chi connectivity index (χ1v) is 15.3. The second kappa shape index (κ2) is 16.5. The van der Waals surface area contributed by atoms with Gasteiger partial charge in [0.25, 0.3) is 11.8 Å². The molecule has 4 aromatic rings. The molecule has 0 bridgehead atoms. The predicted octanol–water partition coefficient (Wildman–Crippen LogP) is 6.56. The van der Waals surface area contributed by atoms with Crippen molar-refractivity contribution >= 4 is 46.9 Å². The van der Waals surface area contributed by atoms with Gasteiger partial charge in [-0.2, -0.15) is 0 Å². The Hall–Kier alpha value is -6.10. The van der Waals surface area contributed by atoms with E-state index in [4.69, 9.17) is 14.2 Å². The van der Waals surface area contributed by atoms with Gasteiger partial charge in [-0.1, -0.05) is 32.9 Å². The minimum atomic E-state index is -0.582. The zero-order valence-electron chi connectivity index (χ0n) is 26.7. The Morgan fingerprint density at radius 2 is 0.812 bits per heavy atom. The molecular formula is C37H34N2O9. The van der Waals surface area contributed by atoms with Crippen molar-refractivity contribution in [1.82, 2.24) is 0 Å². The number of hydrogen-bond acceptors (Lipinski definition) is 9. The van der Waals surface area contributed by atoms with Gasteiger partial charge in [0.2, 0.25) is 0 Å². The lowest BCUT2D eigenvalue weighted by atomic mass is 9.97. The van der Waals surface area contributed by atoms with E-state index in [-0.39, 0.29) is 54.1 Å². The van der Waals surface area contributed by atoms with Crippen molar-refractivity contribution < 1.29 is 43.0 Å². The van der Waals surface area contributed by atoms with Gasteiger partial charge in [-0.05, 0) is 84.4 Å². The number of rotatable bonds is 13. The van der Waals surface area contributed by atoms with Gasteiger partial charge < -0.3 is 24.8 Å². The van der Waals surface area contributed by atoms with Crippen molar-refractivity contribution in [3.05, 3.63) is 113 Å². The number of esters is 3. The van der Waals surface area contributed by atoms with Crippen LogP contribution in [0.1, 0.15) is 76.7 Å². The van der Waals surface area contributed by atoms with Crippen molar-refractivity contribution in [2.45, 2.75) is 46.5 Å². The molecular weight excluding hydrogens is 616 g/mol. The lowest BCUT2D eigenvalue weighted by Crippen LogP contribution is -2.18. The third-order valence-electron chi connectivity index (χ3n) is 6.85. The number of benzene rings is 4. The number of ether oxygens (including phenoxy) is 3.